The number of nitrogens with zero attached hydrogens (tertiary/aromatic N) is 3. The van der Waals surface area contributed by atoms with Crippen molar-refractivity contribution in [3.63, 3.8) is 0 Å². The normalized spacial score (nSPS) is 14.3. The molecule has 1 N–H and O–H groups in total. The smallest absolute Gasteiger partial charge is 0.338 e. The molecule has 1 aliphatic rings. The number of esters is 1. The van der Waals surface area contributed by atoms with Crippen LogP contribution in [0.2, 0.25) is 0 Å². The molecule has 1 aromatic heterocycles. The van der Waals surface area contributed by atoms with Crippen LogP contribution < -0.4 is 14.8 Å². The van der Waals surface area contributed by atoms with Crippen LogP contribution in [0.5, 0.6) is 11.5 Å². The van der Waals surface area contributed by atoms with Crippen molar-refractivity contribution in [1.29, 1.82) is 0 Å². The molecule has 2 heterocycles. The van der Waals surface area contributed by atoms with E-state index in [0.717, 1.165) is 22.4 Å². The number of halogens is 1. The summed E-state index contributed by atoms with van der Waals surface area (Å²) in [5, 5.41) is 8.61. The number of methoxy groups -OCH3 is 1. The molecule has 1 unspecified atom stereocenters. The molecule has 4 aromatic rings. The molecular formula is C30H29BrN4O4S. The fourth-order valence-corrected chi connectivity index (χ4v) is 5.59. The van der Waals surface area contributed by atoms with E-state index in [-0.39, 0.29) is 6.61 Å². The first-order valence-corrected chi connectivity index (χ1v) is 14.6. The number of nitrogens with one attached hydrogen (secondary N) is 1. The number of thioether (sulfide) groups is 1. The van der Waals surface area contributed by atoms with Gasteiger partial charge in [0, 0.05) is 5.70 Å². The summed E-state index contributed by atoms with van der Waals surface area (Å²) in [5.74, 6) is 2.03. The van der Waals surface area contributed by atoms with Crippen molar-refractivity contribution in [2.75, 3.05) is 18.2 Å². The number of rotatable bonds is 10. The van der Waals surface area contributed by atoms with Gasteiger partial charge in [-0.3, -0.25) is 0 Å². The summed E-state index contributed by atoms with van der Waals surface area (Å²) in [6.45, 7) is 4.43. The second-order valence-corrected chi connectivity index (χ2v) is 11.1. The molecule has 0 aliphatic carbocycles. The van der Waals surface area contributed by atoms with E-state index in [9.17, 15) is 4.79 Å². The highest BCUT2D eigenvalue weighted by Gasteiger charge is 2.36. The van der Waals surface area contributed by atoms with Crippen LogP contribution in [0.15, 0.2) is 93.7 Å². The average Bonchev–Trinajstić information content (AvgIpc) is 3.37. The number of carbonyl (C=O) groups excluding carboxylic acids is 1. The number of anilines is 1. The van der Waals surface area contributed by atoms with Crippen molar-refractivity contribution in [2.45, 2.75) is 38.3 Å². The van der Waals surface area contributed by atoms with Crippen LogP contribution in [0.1, 0.15) is 36.6 Å². The number of carbonyl (C=O) groups is 1. The number of aromatic nitrogens is 3. The monoisotopic (exact) mass is 620 g/mol. The average molecular weight is 622 g/mol. The van der Waals surface area contributed by atoms with Gasteiger partial charge in [0.15, 0.2) is 11.5 Å². The summed E-state index contributed by atoms with van der Waals surface area (Å²) in [6, 6.07) is 22.7. The molecule has 10 heteroatoms. The number of benzene rings is 3. The van der Waals surface area contributed by atoms with Crippen LogP contribution >= 0.6 is 27.7 Å². The Labute approximate surface area is 245 Å². The van der Waals surface area contributed by atoms with Gasteiger partial charge in [-0.05, 0) is 57.4 Å². The Morgan fingerprint density at radius 2 is 1.73 bits per heavy atom. The summed E-state index contributed by atoms with van der Waals surface area (Å²) in [6.07, 6.45) is 0. The number of fused-ring (bicyclic) bond motifs is 1. The number of hydrogen-bond donors (Lipinski definition) is 1. The molecule has 0 saturated carbocycles. The van der Waals surface area contributed by atoms with Crippen LogP contribution in [0, 0.1) is 0 Å². The third-order valence-corrected chi connectivity index (χ3v) is 7.64. The number of ether oxygens (including phenoxy) is 3. The van der Waals surface area contributed by atoms with Crippen molar-refractivity contribution in [3.8, 4) is 11.5 Å². The second kappa shape index (κ2) is 12.6. The molecule has 0 spiro atoms. The van der Waals surface area contributed by atoms with Crippen molar-refractivity contribution in [1.82, 2.24) is 14.8 Å². The van der Waals surface area contributed by atoms with Crippen molar-refractivity contribution in [2.24, 2.45) is 0 Å². The van der Waals surface area contributed by atoms with E-state index in [1.54, 1.807) is 11.8 Å². The highest BCUT2D eigenvalue weighted by Crippen LogP contribution is 2.43. The van der Waals surface area contributed by atoms with Crippen molar-refractivity contribution >= 4 is 39.6 Å². The largest absolute Gasteiger partial charge is 0.493 e. The van der Waals surface area contributed by atoms with Gasteiger partial charge in [-0.25, -0.2) is 9.48 Å². The van der Waals surface area contributed by atoms with Crippen LogP contribution in [-0.2, 0) is 22.7 Å². The number of allylic oxidation sites excluding steroid dienone is 1. The lowest BCUT2D eigenvalue weighted by molar-refractivity contribution is -0.140. The maximum Gasteiger partial charge on any atom is 0.338 e. The van der Waals surface area contributed by atoms with Crippen LogP contribution in [-0.4, -0.2) is 33.6 Å². The first-order valence-electron chi connectivity index (χ1n) is 12.8. The van der Waals surface area contributed by atoms with E-state index in [1.807, 2.05) is 86.6 Å². The maximum atomic E-state index is 13.6. The molecule has 1 atom stereocenters. The first kappa shape index (κ1) is 27.8. The third kappa shape index (κ3) is 6.03. The topological polar surface area (TPSA) is 87.5 Å². The van der Waals surface area contributed by atoms with E-state index in [1.165, 1.54) is 11.8 Å². The lowest BCUT2D eigenvalue weighted by Gasteiger charge is -2.29. The SMILES string of the molecule is CCSc1nc2n(n1)C(c1cc(Br)c(OCc3ccccc3)c(OC)c1)C(C(=O)OCc1ccccc1)=C(C)N2. The molecule has 0 fully saturated rings. The minimum atomic E-state index is -0.605. The zero-order chi connectivity index (χ0) is 28.1. The van der Waals surface area contributed by atoms with Gasteiger partial charge in [0.05, 0.1) is 17.2 Å². The van der Waals surface area contributed by atoms with Gasteiger partial charge in [-0.1, -0.05) is 79.3 Å². The number of hydrogen-bond acceptors (Lipinski definition) is 8. The molecule has 8 nitrogen and oxygen atoms in total. The van der Waals surface area contributed by atoms with Gasteiger partial charge < -0.3 is 19.5 Å². The van der Waals surface area contributed by atoms with Crippen LogP contribution in [0.4, 0.5) is 5.95 Å². The zero-order valence-electron chi connectivity index (χ0n) is 22.4. The molecule has 0 saturated heterocycles. The highest BCUT2D eigenvalue weighted by molar-refractivity contribution is 9.10. The predicted molar refractivity (Wildman–Crippen MR) is 159 cm³/mol. The molecule has 0 bridgehead atoms. The summed E-state index contributed by atoms with van der Waals surface area (Å²) < 4.78 is 20.1. The maximum absolute atomic E-state index is 13.6. The summed E-state index contributed by atoms with van der Waals surface area (Å²) in [5.41, 5.74) is 3.79. The fourth-order valence-electron chi connectivity index (χ4n) is 4.46. The Bertz CT molecular complexity index is 1530. The van der Waals surface area contributed by atoms with E-state index in [4.69, 9.17) is 19.3 Å². The van der Waals surface area contributed by atoms with Crippen molar-refractivity contribution < 1.29 is 19.0 Å². The molecule has 206 valence electrons. The predicted octanol–water partition coefficient (Wildman–Crippen LogP) is 6.77. The summed E-state index contributed by atoms with van der Waals surface area (Å²) >= 11 is 5.21. The minimum absolute atomic E-state index is 0.156. The van der Waals surface area contributed by atoms with Gasteiger partial charge in [-0.2, -0.15) is 4.98 Å². The Morgan fingerprint density at radius 1 is 1.05 bits per heavy atom. The van der Waals surface area contributed by atoms with E-state index < -0.39 is 12.0 Å². The van der Waals surface area contributed by atoms with E-state index in [0.29, 0.717) is 45.0 Å². The Kier molecular flexibility index (Phi) is 8.76. The standard InChI is InChI=1S/C30H29BrN4O4S/c1-4-40-30-33-29-32-19(2)25(28(36)39-18-21-13-9-6-10-14-21)26(35(29)34-30)22-15-23(31)27(24(16-22)37-3)38-17-20-11-7-5-8-12-20/h5-16,26H,4,17-18H2,1-3H3,(H,32,33,34). The zero-order valence-corrected chi connectivity index (χ0v) is 24.8. The van der Waals surface area contributed by atoms with Gasteiger partial charge >= 0.3 is 5.97 Å². The highest BCUT2D eigenvalue weighted by atomic mass is 79.9. The summed E-state index contributed by atoms with van der Waals surface area (Å²) in [4.78, 5) is 18.3. The Morgan fingerprint density at radius 3 is 2.38 bits per heavy atom. The van der Waals surface area contributed by atoms with E-state index in [2.05, 4.69) is 26.2 Å². The Hall–Kier alpha value is -3.76. The Balaban J connectivity index is 1.52. The van der Waals surface area contributed by atoms with Gasteiger partial charge in [0.2, 0.25) is 11.1 Å². The molecule has 40 heavy (non-hydrogen) atoms. The van der Waals surface area contributed by atoms with Crippen molar-refractivity contribution in [3.05, 3.63) is 105 Å². The molecule has 0 radical (unpaired) electrons. The van der Waals surface area contributed by atoms with Gasteiger partial charge in [0.1, 0.15) is 19.3 Å². The lowest BCUT2D eigenvalue weighted by Crippen LogP contribution is -2.29. The third-order valence-electron chi connectivity index (χ3n) is 6.33. The molecule has 0 amide bonds. The molecule has 5 rings (SSSR count). The first-order chi connectivity index (χ1) is 19.5. The van der Waals surface area contributed by atoms with Gasteiger partial charge in [0.25, 0.3) is 0 Å². The fraction of sp³-hybridized carbons (Fsp3) is 0.233. The molecule has 3 aromatic carbocycles. The second-order valence-electron chi connectivity index (χ2n) is 9.03. The minimum Gasteiger partial charge on any atom is -0.493 e. The van der Waals surface area contributed by atoms with Crippen LogP contribution in [0.3, 0.4) is 0 Å². The van der Waals surface area contributed by atoms with E-state index >= 15 is 0 Å². The van der Waals surface area contributed by atoms with Crippen LogP contribution in [0.25, 0.3) is 0 Å². The summed E-state index contributed by atoms with van der Waals surface area (Å²) in [7, 11) is 1.59. The lowest BCUT2D eigenvalue weighted by atomic mass is 9.95. The molecular weight excluding hydrogens is 592 g/mol. The molecule has 1 aliphatic heterocycles. The van der Waals surface area contributed by atoms with Gasteiger partial charge in [-0.15, -0.1) is 5.10 Å². The quantitative estimate of drug-likeness (QED) is 0.153.